The molecule has 0 amide bonds. The Bertz CT molecular complexity index is 873. The summed E-state index contributed by atoms with van der Waals surface area (Å²) in [5.74, 6) is -0.454. The first-order valence-corrected chi connectivity index (χ1v) is 9.15. The first-order chi connectivity index (χ1) is 10.8. The van der Waals surface area contributed by atoms with Crippen molar-refractivity contribution in [2.24, 2.45) is 0 Å². The Kier molecular flexibility index (Phi) is 8.34. The number of hydrogen-bond donors (Lipinski definition) is 2. The number of phenols is 2. The largest absolute Gasteiger partial charge is 2.00 e. The van der Waals surface area contributed by atoms with E-state index in [1.165, 1.54) is 38.1 Å². The third-order valence-electron chi connectivity index (χ3n) is 2.88. The molecule has 0 atom stereocenters. The van der Waals surface area contributed by atoms with Crippen LogP contribution >= 0.6 is 0 Å². The van der Waals surface area contributed by atoms with Crippen LogP contribution in [0.1, 0.15) is 11.1 Å². The first kappa shape index (κ1) is 23.6. The molecule has 0 aromatic heterocycles. The second-order valence-corrected chi connectivity index (χ2v) is 7.50. The van der Waals surface area contributed by atoms with Gasteiger partial charge in [0.25, 0.3) is 0 Å². The average Bonchev–Trinajstić information content (AvgIpc) is 2.42. The fourth-order valence-corrected chi connectivity index (χ4v) is 3.17. The van der Waals surface area contributed by atoms with Crippen molar-refractivity contribution in [1.29, 1.82) is 0 Å². The second kappa shape index (κ2) is 8.83. The van der Waals surface area contributed by atoms with Crippen LogP contribution in [0, 0.1) is 13.8 Å². The summed E-state index contributed by atoms with van der Waals surface area (Å²) in [7, 11) is -8.93. The zero-order valence-electron chi connectivity index (χ0n) is 13.3. The SMILES string of the molecule is Cc1ccc(O)cc1S(=O)(=O)[O-].Cc1ccc(O)cc1S(=O)(=O)[O-].[Mg+2]. The summed E-state index contributed by atoms with van der Waals surface area (Å²) in [5, 5.41) is 17.8. The van der Waals surface area contributed by atoms with Crippen molar-refractivity contribution in [2.75, 3.05) is 0 Å². The van der Waals surface area contributed by atoms with E-state index in [0.29, 0.717) is 11.1 Å². The van der Waals surface area contributed by atoms with E-state index in [-0.39, 0.29) is 44.3 Å². The van der Waals surface area contributed by atoms with E-state index in [0.717, 1.165) is 12.1 Å². The maximum atomic E-state index is 10.5. The van der Waals surface area contributed by atoms with E-state index in [1.807, 2.05) is 0 Å². The van der Waals surface area contributed by atoms with Crippen molar-refractivity contribution < 1.29 is 36.2 Å². The van der Waals surface area contributed by atoms with E-state index in [2.05, 4.69) is 0 Å². The maximum Gasteiger partial charge on any atom is 2.00 e. The summed E-state index contributed by atoms with van der Waals surface area (Å²) in [6.07, 6.45) is 0. The van der Waals surface area contributed by atoms with Gasteiger partial charge in [-0.3, -0.25) is 0 Å². The molecule has 0 aliphatic heterocycles. The number of rotatable bonds is 2. The summed E-state index contributed by atoms with van der Waals surface area (Å²) in [6, 6.07) is 7.28. The van der Waals surface area contributed by atoms with Gasteiger partial charge in [-0.05, 0) is 49.2 Å². The molecule has 2 rings (SSSR count). The summed E-state index contributed by atoms with van der Waals surface area (Å²) >= 11 is 0. The van der Waals surface area contributed by atoms with Gasteiger partial charge in [-0.15, -0.1) is 0 Å². The third-order valence-corrected chi connectivity index (χ3v) is 4.84. The Morgan fingerprint density at radius 3 is 1.20 bits per heavy atom. The van der Waals surface area contributed by atoms with Crippen molar-refractivity contribution >= 4 is 43.3 Å². The molecule has 0 bridgehead atoms. The van der Waals surface area contributed by atoms with Crippen LogP contribution in [0.3, 0.4) is 0 Å². The molecule has 0 heterocycles. The minimum absolute atomic E-state index is 0. The molecule has 2 N–H and O–H groups in total. The van der Waals surface area contributed by atoms with Gasteiger partial charge in [0, 0.05) is 0 Å². The van der Waals surface area contributed by atoms with Gasteiger partial charge in [0.15, 0.2) is 0 Å². The molecule has 132 valence electrons. The topological polar surface area (TPSA) is 155 Å². The maximum absolute atomic E-state index is 10.5. The molecule has 0 unspecified atom stereocenters. The van der Waals surface area contributed by atoms with Crippen LogP contribution in [0.4, 0.5) is 0 Å². The summed E-state index contributed by atoms with van der Waals surface area (Å²) in [4.78, 5) is -0.745. The van der Waals surface area contributed by atoms with Crippen LogP contribution < -0.4 is 0 Å². The third kappa shape index (κ3) is 7.18. The zero-order valence-corrected chi connectivity index (χ0v) is 16.4. The number of aryl methyl sites for hydroxylation is 2. The molecule has 25 heavy (non-hydrogen) atoms. The molecule has 2 aromatic rings. The summed E-state index contributed by atoms with van der Waals surface area (Å²) in [5.41, 5.74) is 0.672. The second-order valence-electron chi connectivity index (χ2n) is 4.81. The van der Waals surface area contributed by atoms with E-state index >= 15 is 0 Å². The van der Waals surface area contributed by atoms with Gasteiger partial charge in [0.05, 0.1) is 9.79 Å². The minimum Gasteiger partial charge on any atom is -0.744 e. The molecule has 2 aromatic carbocycles. The molecule has 0 saturated carbocycles. The van der Waals surface area contributed by atoms with E-state index in [4.69, 9.17) is 10.2 Å². The van der Waals surface area contributed by atoms with Crippen molar-refractivity contribution in [2.45, 2.75) is 23.6 Å². The quantitative estimate of drug-likeness (QED) is 0.556. The van der Waals surface area contributed by atoms with Crippen molar-refractivity contribution in [3.8, 4) is 11.5 Å². The van der Waals surface area contributed by atoms with Crippen LogP contribution in [0.2, 0.25) is 0 Å². The van der Waals surface area contributed by atoms with Crippen LogP contribution in [-0.4, -0.2) is 59.2 Å². The predicted molar refractivity (Wildman–Crippen MR) is 87.4 cm³/mol. The molecule has 0 radical (unpaired) electrons. The van der Waals surface area contributed by atoms with Crippen molar-refractivity contribution in [1.82, 2.24) is 0 Å². The minimum atomic E-state index is -4.47. The number of phenolic OH excluding ortho intramolecular Hbond substituents is 2. The number of aromatic hydroxyl groups is 2. The van der Waals surface area contributed by atoms with Gasteiger partial charge in [-0.1, -0.05) is 12.1 Å². The normalized spacial score (nSPS) is 11.0. The molecule has 0 saturated heterocycles. The van der Waals surface area contributed by atoms with Crippen LogP contribution in [0.25, 0.3) is 0 Å². The summed E-state index contributed by atoms with van der Waals surface area (Å²) < 4.78 is 63.2. The van der Waals surface area contributed by atoms with Gasteiger partial charge >= 0.3 is 23.1 Å². The van der Waals surface area contributed by atoms with Crippen molar-refractivity contribution in [3.05, 3.63) is 47.5 Å². The van der Waals surface area contributed by atoms with Crippen LogP contribution in [0.5, 0.6) is 11.5 Å². The monoisotopic (exact) mass is 398 g/mol. The molecule has 0 spiro atoms. The van der Waals surface area contributed by atoms with E-state index in [9.17, 15) is 25.9 Å². The van der Waals surface area contributed by atoms with Gasteiger partial charge in [-0.25, -0.2) is 16.8 Å². The fourth-order valence-electron chi connectivity index (χ4n) is 1.72. The Morgan fingerprint density at radius 1 is 0.720 bits per heavy atom. The molecule has 11 heteroatoms. The molecular formula is C14H14MgO8S2. The number of hydrogen-bond acceptors (Lipinski definition) is 8. The van der Waals surface area contributed by atoms with Crippen LogP contribution in [0.15, 0.2) is 46.2 Å². The van der Waals surface area contributed by atoms with Crippen LogP contribution in [-0.2, 0) is 20.2 Å². The van der Waals surface area contributed by atoms with Gasteiger partial charge < -0.3 is 19.3 Å². The van der Waals surface area contributed by atoms with Gasteiger partial charge in [0.2, 0.25) is 0 Å². The first-order valence-electron chi connectivity index (χ1n) is 6.33. The fraction of sp³-hybridized carbons (Fsp3) is 0.143. The molecule has 0 aliphatic carbocycles. The Hall–Kier alpha value is -1.37. The summed E-state index contributed by atoms with van der Waals surface area (Å²) in [6.45, 7) is 2.98. The van der Waals surface area contributed by atoms with E-state index in [1.54, 1.807) is 0 Å². The molecule has 0 fully saturated rings. The zero-order chi connectivity index (χ0) is 18.7. The Labute approximate surface area is 161 Å². The van der Waals surface area contributed by atoms with Gasteiger partial charge in [-0.2, -0.15) is 0 Å². The number of benzene rings is 2. The average molecular weight is 399 g/mol. The van der Waals surface area contributed by atoms with Crippen molar-refractivity contribution in [3.63, 3.8) is 0 Å². The smallest absolute Gasteiger partial charge is 0.744 e. The predicted octanol–water partition coefficient (Wildman–Crippen LogP) is 0.829. The van der Waals surface area contributed by atoms with Gasteiger partial charge in [0.1, 0.15) is 31.7 Å². The molecular weight excluding hydrogens is 385 g/mol. The standard InChI is InChI=1S/2C7H8O4S.Mg/c2*1-5-2-3-6(8)4-7(5)12(9,10)11;/h2*2-4,8H,1H3,(H,9,10,11);/q;;+2/p-2. The molecule has 0 aliphatic rings. The Morgan fingerprint density at radius 2 is 1.00 bits per heavy atom. The van der Waals surface area contributed by atoms with E-state index < -0.39 is 20.2 Å². The Balaban J connectivity index is 0.000000443. The molecule has 8 nitrogen and oxygen atoms in total.